The summed E-state index contributed by atoms with van der Waals surface area (Å²) in [5, 5.41) is 0. The Bertz CT molecular complexity index is 1040. The maximum atomic E-state index is 13.0. The van der Waals surface area contributed by atoms with E-state index in [9.17, 15) is 18.0 Å². The molecule has 0 saturated carbocycles. The molecular formula is C21H23N3O4S. The van der Waals surface area contributed by atoms with Crippen molar-refractivity contribution in [3.63, 3.8) is 0 Å². The van der Waals surface area contributed by atoms with Crippen molar-refractivity contribution in [2.45, 2.75) is 31.2 Å². The summed E-state index contributed by atoms with van der Waals surface area (Å²) in [6, 6.07) is 12.8. The molecule has 7 nitrogen and oxygen atoms in total. The topological polar surface area (TPSA) is 87.7 Å². The van der Waals surface area contributed by atoms with Crippen LogP contribution in [0.3, 0.4) is 0 Å². The van der Waals surface area contributed by atoms with Crippen molar-refractivity contribution in [1.29, 1.82) is 0 Å². The quantitative estimate of drug-likeness (QED) is 0.765. The molecule has 0 N–H and O–H groups in total. The van der Waals surface area contributed by atoms with E-state index in [1.165, 1.54) is 4.90 Å². The summed E-state index contributed by atoms with van der Waals surface area (Å²) in [6.07, 6.45) is 2.08. The first kappa shape index (κ1) is 19.6. The molecule has 0 atom stereocenters. The summed E-state index contributed by atoms with van der Waals surface area (Å²) in [7, 11) is -3.62. The summed E-state index contributed by atoms with van der Waals surface area (Å²) in [5.41, 5.74) is 2.06. The lowest BCUT2D eigenvalue weighted by atomic mass is 10.00. The van der Waals surface area contributed by atoms with Crippen LogP contribution in [0.25, 0.3) is 0 Å². The van der Waals surface area contributed by atoms with Crippen LogP contribution in [0.4, 0.5) is 0 Å². The van der Waals surface area contributed by atoms with E-state index in [1.807, 2.05) is 30.3 Å². The minimum atomic E-state index is -3.62. The number of benzene rings is 1. The van der Waals surface area contributed by atoms with Crippen LogP contribution in [0.15, 0.2) is 48.7 Å². The zero-order valence-corrected chi connectivity index (χ0v) is 17.1. The average Bonchev–Trinajstić information content (AvgIpc) is 2.89. The van der Waals surface area contributed by atoms with Crippen LogP contribution >= 0.6 is 0 Å². The number of aromatic nitrogens is 1. The number of carbonyl (C=O) groups excluding carboxylic acids is 2. The Labute approximate surface area is 170 Å². The molecule has 3 heterocycles. The van der Waals surface area contributed by atoms with Gasteiger partial charge in [-0.1, -0.05) is 30.3 Å². The number of rotatable bonds is 3. The van der Waals surface area contributed by atoms with E-state index in [4.69, 9.17) is 0 Å². The smallest absolute Gasteiger partial charge is 0.255 e. The molecule has 152 valence electrons. The largest absolute Gasteiger partial charge is 0.338 e. The standard InChI is InChI=1S/C21H23N3O4S/c1-16-18(8-5-11-22-16)20(26)23-12-9-21(10-13-23)24(19(25)15-29(21,27)28)14-17-6-3-2-4-7-17/h2-8,11H,9-10,12-15H2,1H3. The van der Waals surface area contributed by atoms with E-state index < -0.39 is 20.5 Å². The third-order valence-corrected chi connectivity index (χ3v) is 8.35. The zero-order valence-electron chi connectivity index (χ0n) is 16.2. The monoisotopic (exact) mass is 413 g/mol. The highest BCUT2D eigenvalue weighted by atomic mass is 32.2. The molecule has 0 bridgehead atoms. The number of carbonyl (C=O) groups is 2. The third-order valence-electron chi connectivity index (χ3n) is 5.94. The van der Waals surface area contributed by atoms with Crippen LogP contribution in [0.1, 0.15) is 34.5 Å². The maximum Gasteiger partial charge on any atom is 0.255 e. The number of amides is 2. The van der Waals surface area contributed by atoms with E-state index in [-0.39, 0.29) is 44.3 Å². The van der Waals surface area contributed by atoms with E-state index in [0.29, 0.717) is 11.3 Å². The van der Waals surface area contributed by atoms with Crippen LogP contribution < -0.4 is 0 Å². The van der Waals surface area contributed by atoms with Gasteiger partial charge in [-0.05, 0) is 24.6 Å². The maximum absolute atomic E-state index is 13.0. The zero-order chi connectivity index (χ0) is 20.6. The molecule has 0 radical (unpaired) electrons. The fraction of sp³-hybridized carbons (Fsp3) is 0.381. The molecule has 2 aliphatic rings. The van der Waals surface area contributed by atoms with Crippen LogP contribution in [-0.4, -0.2) is 58.7 Å². The molecule has 2 saturated heterocycles. The second-order valence-electron chi connectivity index (χ2n) is 7.60. The molecule has 2 amide bonds. The van der Waals surface area contributed by atoms with Crippen molar-refractivity contribution in [3.8, 4) is 0 Å². The Balaban J connectivity index is 1.58. The van der Waals surface area contributed by atoms with Gasteiger partial charge >= 0.3 is 0 Å². The number of nitrogens with zero attached hydrogens (tertiary/aromatic N) is 3. The van der Waals surface area contributed by atoms with Crippen molar-refractivity contribution in [2.24, 2.45) is 0 Å². The van der Waals surface area contributed by atoms with E-state index in [1.54, 1.807) is 30.2 Å². The number of piperidine rings is 1. The Kier molecular flexibility index (Phi) is 4.90. The van der Waals surface area contributed by atoms with Crippen LogP contribution in [0.2, 0.25) is 0 Å². The number of sulfone groups is 1. The van der Waals surface area contributed by atoms with Gasteiger partial charge in [0.2, 0.25) is 5.91 Å². The lowest BCUT2D eigenvalue weighted by molar-refractivity contribution is -0.131. The van der Waals surface area contributed by atoms with Crippen LogP contribution in [-0.2, 0) is 21.2 Å². The molecule has 2 fully saturated rings. The first-order valence-electron chi connectivity index (χ1n) is 9.62. The molecular weight excluding hydrogens is 390 g/mol. The third kappa shape index (κ3) is 3.31. The number of likely N-dealkylation sites (tertiary alicyclic amines) is 1. The molecule has 1 spiro atoms. The fourth-order valence-corrected chi connectivity index (χ4v) is 6.35. The predicted octanol–water partition coefficient (Wildman–Crippen LogP) is 1.78. The number of hydrogen-bond acceptors (Lipinski definition) is 5. The summed E-state index contributed by atoms with van der Waals surface area (Å²) < 4.78 is 25.9. The Morgan fingerprint density at radius 1 is 1.10 bits per heavy atom. The molecule has 29 heavy (non-hydrogen) atoms. The normalized spacial score (nSPS) is 20.2. The van der Waals surface area contributed by atoms with Crippen molar-refractivity contribution < 1.29 is 18.0 Å². The predicted molar refractivity (Wildman–Crippen MR) is 108 cm³/mol. The van der Waals surface area contributed by atoms with Gasteiger partial charge in [-0.2, -0.15) is 0 Å². The summed E-state index contributed by atoms with van der Waals surface area (Å²) in [5.74, 6) is -0.978. The number of aryl methyl sites for hydroxylation is 1. The Morgan fingerprint density at radius 2 is 1.79 bits per heavy atom. The minimum absolute atomic E-state index is 0.151. The summed E-state index contributed by atoms with van der Waals surface area (Å²) >= 11 is 0. The lowest BCUT2D eigenvalue weighted by Gasteiger charge is -2.43. The molecule has 2 aromatic rings. The van der Waals surface area contributed by atoms with Gasteiger partial charge in [-0.3, -0.25) is 14.6 Å². The molecule has 4 rings (SSSR count). The van der Waals surface area contributed by atoms with Gasteiger partial charge in [-0.25, -0.2) is 8.42 Å². The molecule has 1 aromatic heterocycles. The molecule has 8 heteroatoms. The number of hydrogen-bond donors (Lipinski definition) is 0. The van der Waals surface area contributed by atoms with Gasteiger partial charge in [0.05, 0.1) is 5.56 Å². The average molecular weight is 413 g/mol. The Hall–Kier alpha value is -2.74. The van der Waals surface area contributed by atoms with Crippen LogP contribution in [0.5, 0.6) is 0 Å². The van der Waals surface area contributed by atoms with Gasteiger partial charge in [0, 0.05) is 44.4 Å². The van der Waals surface area contributed by atoms with Crippen molar-refractivity contribution in [2.75, 3.05) is 18.8 Å². The molecule has 0 unspecified atom stereocenters. The SMILES string of the molecule is Cc1ncccc1C(=O)N1CCC2(CC1)N(Cc1ccccc1)C(=O)CS2(=O)=O. The molecule has 0 aliphatic carbocycles. The first-order valence-corrected chi connectivity index (χ1v) is 11.3. The Morgan fingerprint density at radius 3 is 2.45 bits per heavy atom. The lowest BCUT2D eigenvalue weighted by Crippen LogP contribution is -2.56. The van der Waals surface area contributed by atoms with Gasteiger partial charge < -0.3 is 9.80 Å². The fourth-order valence-electron chi connectivity index (χ4n) is 4.29. The van der Waals surface area contributed by atoms with Crippen molar-refractivity contribution in [1.82, 2.24) is 14.8 Å². The van der Waals surface area contributed by atoms with Gasteiger partial charge in [-0.15, -0.1) is 0 Å². The summed E-state index contributed by atoms with van der Waals surface area (Å²) in [4.78, 5) is 31.6. The molecule has 1 aromatic carbocycles. The van der Waals surface area contributed by atoms with Gasteiger partial charge in [0.15, 0.2) is 9.84 Å². The van der Waals surface area contributed by atoms with Crippen molar-refractivity contribution in [3.05, 3.63) is 65.5 Å². The second kappa shape index (κ2) is 7.26. The van der Waals surface area contributed by atoms with Gasteiger partial charge in [0.1, 0.15) is 10.6 Å². The molecule has 2 aliphatic heterocycles. The highest BCUT2D eigenvalue weighted by Gasteiger charge is 2.58. The number of pyridine rings is 1. The van der Waals surface area contributed by atoms with E-state index >= 15 is 0 Å². The van der Waals surface area contributed by atoms with Crippen molar-refractivity contribution >= 4 is 21.7 Å². The highest BCUT2D eigenvalue weighted by molar-refractivity contribution is 7.93. The second-order valence-corrected chi connectivity index (χ2v) is 9.88. The van der Waals surface area contributed by atoms with E-state index in [0.717, 1.165) is 5.56 Å². The minimum Gasteiger partial charge on any atom is -0.338 e. The highest BCUT2D eigenvalue weighted by Crippen LogP contribution is 2.41. The van der Waals surface area contributed by atoms with Crippen LogP contribution in [0, 0.1) is 6.92 Å². The first-order chi connectivity index (χ1) is 13.8. The van der Waals surface area contributed by atoms with E-state index in [2.05, 4.69) is 4.98 Å². The van der Waals surface area contributed by atoms with Gasteiger partial charge in [0.25, 0.3) is 5.91 Å². The summed E-state index contributed by atoms with van der Waals surface area (Å²) in [6.45, 7) is 2.60.